The largest absolute Gasteiger partial charge is 0.338 e. The van der Waals surface area contributed by atoms with Crippen molar-refractivity contribution in [3.05, 3.63) is 24.5 Å². The molecule has 0 bridgehead atoms. The lowest BCUT2D eigenvalue weighted by Crippen LogP contribution is -2.32. The molecule has 1 aromatic rings. The topological polar surface area (TPSA) is 100 Å². The van der Waals surface area contributed by atoms with Crippen molar-refractivity contribution in [1.29, 1.82) is 0 Å². The molecule has 19 heavy (non-hydrogen) atoms. The molecule has 0 spiro atoms. The number of anilines is 1. The van der Waals surface area contributed by atoms with E-state index in [-0.39, 0.29) is 11.8 Å². The average Bonchev–Trinajstić information content (AvgIpc) is 2.39. The van der Waals surface area contributed by atoms with Crippen molar-refractivity contribution in [2.75, 3.05) is 24.2 Å². The highest BCUT2D eigenvalue weighted by Crippen LogP contribution is 2.01. The van der Waals surface area contributed by atoms with Crippen molar-refractivity contribution < 1.29 is 13.2 Å². The second-order valence-electron chi connectivity index (χ2n) is 3.77. The monoisotopic (exact) mass is 286 g/mol. The molecule has 7 nitrogen and oxygen atoms in total. The van der Waals surface area contributed by atoms with Gasteiger partial charge < -0.3 is 10.6 Å². The van der Waals surface area contributed by atoms with Crippen molar-refractivity contribution in [2.45, 2.75) is 13.3 Å². The van der Waals surface area contributed by atoms with Crippen LogP contribution in [0.25, 0.3) is 0 Å². The first-order valence-electron chi connectivity index (χ1n) is 5.95. The van der Waals surface area contributed by atoms with E-state index in [4.69, 9.17) is 0 Å². The zero-order valence-corrected chi connectivity index (χ0v) is 11.5. The Morgan fingerprint density at radius 1 is 1.37 bits per heavy atom. The molecule has 0 aliphatic carbocycles. The summed E-state index contributed by atoms with van der Waals surface area (Å²) >= 11 is 0. The van der Waals surface area contributed by atoms with Crippen molar-refractivity contribution in [3.63, 3.8) is 0 Å². The molecule has 0 unspecified atom stereocenters. The normalized spacial score (nSPS) is 11.0. The maximum atomic E-state index is 11.4. The van der Waals surface area contributed by atoms with Gasteiger partial charge in [-0.1, -0.05) is 0 Å². The van der Waals surface area contributed by atoms with Gasteiger partial charge in [0.15, 0.2) is 0 Å². The molecular weight excluding hydrogens is 268 g/mol. The molecule has 0 saturated carbocycles. The Kier molecular flexibility index (Phi) is 6.23. The molecule has 0 aliphatic heterocycles. The Bertz CT molecular complexity index is 490. The highest BCUT2D eigenvalue weighted by atomic mass is 32.2. The number of carbonyl (C=O) groups excluding carboxylic acids is 1. The molecule has 8 heteroatoms. The number of aromatic nitrogens is 1. The van der Waals surface area contributed by atoms with Crippen LogP contribution in [-0.4, -0.2) is 38.3 Å². The van der Waals surface area contributed by atoms with Gasteiger partial charge in [-0.15, -0.1) is 0 Å². The molecule has 106 valence electrons. The summed E-state index contributed by atoms with van der Waals surface area (Å²) in [5, 5.41) is 5.23. The Morgan fingerprint density at radius 3 is 2.79 bits per heavy atom. The van der Waals surface area contributed by atoms with Crippen LogP contribution in [0.1, 0.15) is 13.3 Å². The summed E-state index contributed by atoms with van der Waals surface area (Å²) in [4.78, 5) is 15.3. The number of hydrogen-bond acceptors (Lipinski definition) is 4. The molecule has 0 atom stereocenters. The third kappa shape index (κ3) is 6.73. The lowest BCUT2D eigenvalue weighted by molar-refractivity contribution is 0.252. The SMILES string of the molecule is CCS(=O)(=O)NCCCNC(=O)Nc1cccnc1. The smallest absolute Gasteiger partial charge is 0.319 e. The van der Waals surface area contributed by atoms with Crippen LogP contribution in [0.3, 0.4) is 0 Å². The van der Waals surface area contributed by atoms with Gasteiger partial charge in [0.2, 0.25) is 10.0 Å². The number of sulfonamides is 1. The summed E-state index contributed by atoms with van der Waals surface area (Å²) in [6.45, 7) is 2.27. The Morgan fingerprint density at radius 2 is 2.16 bits per heavy atom. The molecule has 1 rings (SSSR count). The van der Waals surface area contributed by atoms with E-state index in [2.05, 4.69) is 20.3 Å². The van der Waals surface area contributed by atoms with Crippen LogP contribution >= 0.6 is 0 Å². The molecule has 0 aliphatic rings. The third-order valence-corrected chi connectivity index (χ3v) is 3.66. The summed E-state index contributed by atoms with van der Waals surface area (Å²) in [6.07, 6.45) is 3.68. The zero-order valence-electron chi connectivity index (χ0n) is 10.7. The van der Waals surface area contributed by atoms with E-state index in [0.717, 1.165) is 0 Å². The quantitative estimate of drug-likeness (QED) is 0.637. The van der Waals surface area contributed by atoms with E-state index < -0.39 is 10.0 Å². The Labute approximate surface area is 112 Å². The Balaban J connectivity index is 2.15. The molecule has 1 aromatic heterocycles. The van der Waals surface area contributed by atoms with Gasteiger partial charge in [-0.05, 0) is 25.5 Å². The van der Waals surface area contributed by atoms with Crippen LogP contribution in [-0.2, 0) is 10.0 Å². The van der Waals surface area contributed by atoms with Crippen LogP contribution in [0.5, 0.6) is 0 Å². The molecule has 3 N–H and O–H groups in total. The predicted octanol–water partition coefficient (Wildman–Crippen LogP) is 0.532. The highest BCUT2D eigenvalue weighted by Gasteiger charge is 2.05. The van der Waals surface area contributed by atoms with Gasteiger partial charge in [-0.3, -0.25) is 4.98 Å². The maximum absolute atomic E-state index is 11.4. The summed E-state index contributed by atoms with van der Waals surface area (Å²) < 4.78 is 24.7. The minimum absolute atomic E-state index is 0.0575. The molecule has 0 aromatic carbocycles. The fraction of sp³-hybridized carbons (Fsp3) is 0.455. The molecular formula is C11H18N4O3S. The molecule has 0 fully saturated rings. The number of nitrogens with zero attached hydrogens (tertiary/aromatic N) is 1. The van der Waals surface area contributed by atoms with Crippen LogP contribution in [0, 0.1) is 0 Å². The van der Waals surface area contributed by atoms with Crippen LogP contribution in [0.15, 0.2) is 24.5 Å². The number of carbonyl (C=O) groups is 1. The van der Waals surface area contributed by atoms with E-state index in [1.165, 1.54) is 6.20 Å². The first-order chi connectivity index (χ1) is 9.03. The summed E-state index contributed by atoms with van der Waals surface area (Å²) in [5.74, 6) is 0.0575. The molecule has 0 radical (unpaired) electrons. The van der Waals surface area contributed by atoms with Crippen molar-refractivity contribution in [2.24, 2.45) is 0 Å². The van der Waals surface area contributed by atoms with E-state index in [1.54, 1.807) is 25.3 Å². The highest BCUT2D eigenvalue weighted by molar-refractivity contribution is 7.89. The van der Waals surface area contributed by atoms with E-state index in [1.807, 2.05) is 0 Å². The van der Waals surface area contributed by atoms with Crippen molar-refractivity contribution in [3.8, 4) is 0 Å². The van der Waals surface area contributed by atoms with Gasteiger partial charge in [0, 0.05) is 19.3 Å². The molecule has 2 amide bonds. The van der Waals surface area contributed by atoms with Gasteiger partial charge in [-0.2, -0.15) is 0 Å². The second-order valence-corrected chi connectivity index (χ2v) is 5.87. The van der Waals surface area contributed by atoms with Crippen molar-refractivity contribution >= 4 is 21.7 Å². The van der Waals surface area contributed by atoms with Crippen molar-refractivity contribution in [1.82, 2.24) is 15.0 Å². The standard InChI is InChI=1S/C11H18N4O3S/c1-2-19(17,18)14-8-4-7-13-11(16)15-10-5-3-6-12-9-10/h3,5-6,9,14H,2,4,7-8H2,1H3,(H2,13,15,16). The van der Waals surface area contributed by atoms with Gasteiger partial charge in [0.1, 0.15) is 0 Å². The van der Waals surface area contributed by atoms with E-state index in [9.17, 15) is 13.2 Å². The number of urea groups is 1. The second kappa shape index (κ2) is 7.70. The average molecular weight is 286 g/mol. The number of rotatable bonds is 7. The fourth-order valence-corrected chi connectivity index (χ4v) is 1.89. The first-order valence-corrected chi connectivity index (χ1v) is 7.61. The zero-order chi connectivity index (χ0) is 14.1. The van der Waals surface area contributed by atoms with Crippen LogP contribution in [0.2, 0.25) is 0 Å². The van der Waals surface area contributed by atoms with Gasteiger partial charge in [0.05, 0.1) is 17.6 Å². The number of nitrogens with one attached hydrogen (secondary N) is 3. The first kappa shape index (κ1) is 15.4. The maximum Gasteiger partial charge on any atom is 0.319 e. The molecule has 0 saturated heterocycles. The molecule has 1 heterocycles. The van der Waals surface area contributed by atoms with Crippen LogP contribution in [0.4, 0.5) is 10.5 Å². The number of pyridine rings is 1. The van der Waals surface area contributed by atoms with E-state index in [0.29, 0.717) is 25.2 Å². The third-order valence-electron chi connectivity index (χ3n) is 2.26. The lowest BCUT2D eigenvalue weighted by Gasteiger charge is -2.07. The minimum Gasteiger partial charge on any atom is -0.338 e. The summed E-state index contributed by atoms with van der Waals surface area (Å²) in [5.41, 5.74) is 0.603. The fourth-order valence-electron chi connectivity index (χ4n) is 1.23. The van der Waals surface area contributed by atoms with E-state index >= 15 is 0 Å². The summed E-state index contributed by atoms with van der Waals surface area (Å²) in [7, 11) is -3.16. The van der Waals surface area contributed by atoms with Gasteiger partial charge in [-0.25, -0.2) is 17.9 Å². The number of hydrogen-bond donors (Lipinski definition) is 3. The summed E-state index contributed by atoms with van der Waals surface area (Å²) in [6, 6.07) is 3.10. The number of amides is 2. The van der Waals surface area contributed by atoms with Gasteiger partial charge in [0.25, 0.3) is 0 Å². The Hall–Kier alpha value is -1.67. The van der Waals surface area contributed by atoms with Gasteiger partial charge >= 0.3 is 6.03 Å². The lowest BCUT2D eigenvalue weighted by atomic mass is 10.4. The van der Waals surface area contributed by atoms with Crippen LogP contribution < -0.4 is 15.4 Å². The predicted molar refractivity (Wildman–Crippen MR) is 73.3 cm³/mol. The minimum atomic E-state index is -3.16.